The van der Waals surface area contributed by atoms with Crippen LogP contribution in [0.15, 0.2) is 72.8 Å². The van der Waals surface area contributed by atoms with Gasteiger partial charge in [0.25, 0.3) is 0 Å². The summed E-state index contributed by atoms with van der Waals surface area (Å²) in [4.78, 5) is 49.0. The molecule has 1 fully saturated rings. The van der Waals surface area contributed by atoms with Gasteiger partial charge in [-0.25, -0.2) is 4.79 Å². The Morgan fingerprint density at radius 1 is 1.00 bits per heavy atom. The van der Waals surface area contributed by atoms with Gasteiger partial charge in [-0.15, -0.1) is 0 Å². The van der Waals surface area contributed by atoms with E-state index in [0.717, 1.165) is 17.7 Å². The quantitative estimate of drug-likeness (QED) is 0.446. The molecular weight excluding hydrogens is 386 g/mol. The number of carboxylic acid groups (broad SMARTS) is 1. The second-order valence-corrected chi connectivity index (χ2v) is 6.74. The molecule has 3 amide bonds. The smallest absolute Gasteiger partial charge is 0.331 e. The van der Waals surface area contributed by atoms with Crippen LogP contribution in [-0.2, 0) is 25.7 Å². The van der Waals surface area contributed by atoms with Crippen molar-refractivity contribution in [3.05, 3.63) is 83.9 Å². The number of hydrogen-bond acceptors (Lipinski definition) is 4. The van der Waals surface area contributed by atoms with Crippen LogP contribution in [-0.4, -0.2) is 46.3 Å². The minimum atomic E-state index is -1.14. The van der Waals surface area contributed by atoms with E-state index in [2.05, 4.69) is 10.6 Å². The lowest BCUT2D eigenvalue weighted by Crippen LogP contribution is -2.65. The molecule has 0 radical (unpaired) electrons. The van der Waals surface area contributed by atoms with Crippen molar-refractivity contribution in [1.29, 1.82) is 0 Å². The molecule has 2 atom stereocenters. The predicted molar refractivity (Wildman–Crippen MR) is 108 cm³/mol. The Labute approximate surface area is 173 Å². The van der Waals surface area contributed by atoms with E-state index in [0.29, 0.717) is 12.1 Å². The molecule has 0 spiro atoms. The first-order valence-electron chi connectivity index (χ1n) is 9.34. The highest BCUT2D eigenvalue weighted by atomic mass is 16.4. The summed E-state index contributed by atoms with van der Waals surface area (Å²) in [5, 5.41) is 14.6. The summed E-state index contributed by atoms with van der Waals surface area (Å²) in [5.74, 6) is -2.67. The van der Waals surface area contributed by atoms with Crippen LogP contribution in [0.25, 0.3) is 0 Å². The Balaban J connectivity index is 1.48. The molecule has 8 heteroatoms. The van der Waals surface area contributed by atoms with Gasteiger partial charge in [-0.1, -0.05) is 60.7 Å². The van der Waals surface area contributed by atoms with Gasteiger partial charge in [-0.05, 0) is 11.1 Å². The largest absolute Gasteiger partial charge is 0.479 e. The van der Waals surface area contributed by atoms with E-state index in [4.69, 9.17) is 0 Å². The maximum Gasteiger partial charge on any atom is 0.331 e. The molecule has 1 aliphatic rings. The second-order valence-electron chi connectivity index (χ2n) is 6.74. The van der Waals surface area contributed by atoms with Crippen molar-refractivity contribution in [2.24, 2.45) is 0 Å². The monoisotopic (exact) mass is 407 g/mol. The number of nitrogens with one attached hydrogen (secondary N) is 2. The first kappa shape index (κ1) is 20.8. The summed E-state index contributed by atoms with van der Waals surface area (Å²) in [6, 6.07) is 15.8. The number of likely N-dealkylation sites (tertiary alicyclic amines) is 1. The lowest BCUT2D eigenvalue weighted by Gasteiger charge is -2.42. The summed E-state index contributed by atoms with van der Waals surface area (Å²) in [6.45, 7) is 0.405. The minimum absolute atomic E-state index is 0.0739. The number of nitrogens with zero attached hydrogens (tertiary/aromatic N) is 1. The van der Waals surface area contributed by atoms with E-state index in [1.807, 2.05) is 30.3 Å². The molecule has 0 aromatic heterocycles. The summed E-state index contributed by atoms with van der Waals surface area (Å²) >= 11 is 0. The topological polar surface area (TPSA) is 116 Å². The molecule has 2 aromatic carbocycles. The highest BCUT2D eigenvalue weighted by Crippen LogP contribution is 2.27. The van der Waals surface area contributed by atoms with E-state index in [1.165, 1.54) is 4.90 Å². The summed E-state index contributed by atoms with van der Waals surface area (Å²) in [5.41, 5.74) is 1.41. The molecule has 0 aliphatic carbocycles. The Bertz CT molecular complexity index is 959. The molecule has 0 saturated carbocycles. The van der Waals surface area contributed by atoms with Crippen molar-refractivity contribution < 1.29 is 24.3 Å². The lowest BCUT2D eigenvalue weighted by atomic mass is 9.98. The Morgan fingerprint density at radius 3 is 2.20 bits per heavy atom. The van der Waals surface area contributed by atoms with E-state index in [9.17, 15) is 24.3 Å². The van der Waals surface area contributed by atoms with Gasteiger partial charge in [0, 0.05) is 18.7 Å². The highest BCUT2D eigenvalue weighted by Gasteiger charge is 2.44. The van der Waals surface area contributed by atoms with Gasteiger partial charge in [0.2, 0.25) is 17.7 Å². The van der Waals surface area contributed by atoms with Crippen molar-refractivity contribution in [1.82, 2.24) is 15.5 Å². The highest BCUT2D eigenvalue weighted by molar-refractivity contribution is 6.00. The number of carbonyl (C=O) groups is 4. The van der Waals surface area contributed by atoms with E-state index < -0.39 is 35.8 Å². The second kappa shape index (κ2) is 9.51. The van der Waals surface area contributed by atoms with Crippen LogP contribution in [0, 0.1) is 0 Å². The molecule has 1 heterocycles. The molecule has 1 aliphatic heterocycles. The van der Waals surface area contributed by atoms with Crippen LogP contribution >= 0.6 is 0 Å². The molecule has 1 unspecified atom stereocenters. The minimum Gasteiger partial charge on any atom is -0.479 e. The van der Waals surface area contributed by atoms with Crippen LogP contribution in [0.5, 0.6) is 0 Å². The number of benzene rings is 2. The lowest BCUT2D eigenvalue weighted by molar-refractivity contribution is -0.160. The van der Waals surface area contributed by atoms with E-state index in [1.54, 1.807) is 30.3 Å². The number of amides is 3. The van der Waals surface area contributed by atoms with Crippen LogP contribution in [0.4, 0.5) is 0 Å². The van der Waals surface area contributed by atoms with Crippen molar-refractivity contribution in [2.75, 3.05) is 6.54 Å². The first-order chi connectivity index (χ1) is 14.5. The molecule has 3 N–H and O–H groups in total. The van der Waals surface area contributed by atoms with Crippen molar-refractivity contribution in [3.8, 4) is 0 Å². The van der Waals surface area contributed by atoms with Gasteiger partial charge in [-0.3, -0.25) is 14.4 Å². The molecular formula is C22H21N3O5. The Morgan fingerprint density at radius 2 is 1.60 bits per heavy atom. The van der Waals surface area contributed by atoms with Gasteiger partial charge >= 0.3 is 5.97 Å². The molecule has 30 heavy (non-hydrogen) atoms. The third-order valence-electron chi connectivity index (χ3n) is 4.63. The third kappa shape index (κ3) is 5.11. The summed E-state index contributed by atoms with van der Waals surface area (Å²) in [6.07, 6.45) is 2.13. The maximum absolute atomic E-state index is 12.4. The Kier molecular flexibility index (Phi) is 6.59. The normalized spacial score (nSPS) is 16.6. The molecule has 3 rings (SSSR count). The number of β-lactam (4-membered cyclic amide) rings is 1. The van der Waals surface area contributed by atoms with Gasteiger partial charge in [0.15, 0.2) is 6.04 Å². The molecule has 154 valence electrons. The van der Waals surface area contributed by atoms with Gasteiger partial charge < -0.3 is 20.6 Å². The van der Waals surface area contributed by atoms with Crippen LogP contribution in [0.3, 0.4) is 0 Å². The molecule has 2 aromatic rings. The zero-order chi connectivity index (χ0) is 21.5. The average molecular weight is 407 g/mol. The van der Waals surface area contributed by atoms with Gasteiger partial charge in [0.1, 0.15) is 6.04 Å². The fourth-order valence-corrected chi connectivity index (χ4v) is 3.10. The van der Waals surface area contributed by atoms with Crippen molar-refractivity contribution >= 4 is 23.7 Å². The third-order valence-corrected chi connectivity index (χ3v) is 4.63. The number of hydrogen-bond donors (Lipinski definition) is 3. The van der Waals surface area contributed by atoms with Crippen molar-refractivity contribution in [2.45, 2.75) is 18.6 Å². The number of rotatable bonds is 8. The van der Waals surface area contributed by atoms with Crippen LogP contribution in [0.1, 0.15) is 17.2 Å². The zero-order valence-corrected chi connectivity index (χ0v) is 16.0. The van der Waals surface area contributed by atoms with Gasteiger partial charge in [-0.2, -0.15) is 0 Å². The molecule has 1 saturated heterocycles. The number of carboxylic acids is 1. The predicted octanol–water partition coefficient (Wildman–Crippen LogP) is 1.01. The van der Waals surface area contributed by atoms with Crippen LogP contribution < -0.4 is 10.6 Å². The number of carbonyl (C=O) groups excluding carboxylic acids is 3. The summed E-state index contributed by atoms with van der Waals surface area (Å²) < 4.78 is 0. The van der Waals surface area contributed by atoms with Crippen LogP contribution in [0.2, 0.25) is 0 Å². The maximum atomic E-state index is 12.4. The Hall–Kier alpha value is -3.94. The molecule has 8 nitrogen and oxygen atoms in total. The number of aliphatic carboxylic acids is 1. The standard InChI is InChI=1S/C22H21N3O5/c26-18(23-13-15-7-3-1-4-8-15)11-12-19(27)24-17-14-25(21(17)28)20(22(29)30)16-9-5-2-6-10-16/h1-12,17,20H,13-14H2,(H,23,26)(H,24,27)(H,29,30)/b12-11+/t17?,20-/m1/s1. The fourth-order valence-electron chi connectivity index (χ4n) is 3.10. The van der Waals surface area contributed by atoms with E-state index in [-0.39, 0.29) is 6.54 Å². The first-order valence-corrected chi connectivity index (χ1v) is 9.34. The van der Waals surface area contributed by atoms with Crippen molar-refractivity contribution in [3.63, 3.8) is 0 Å². The molecule has 0 bridgehead atoms. The fraction of sp³-hybridized carbons (Fsp3) is 0.182. The SMILES string of the molecule is O=C(/C=C/C(=O)NC1CN([C@@H](C(=O)O)c2ccccc2)C1=O)NCc1ccccc1. The summed E-state index contributed by atoms with van der Waals surface area (Å²) in [7, 11) is 0. The average Bonchev–Trinajstić information content (AvgIpc) is 2.76. The van der Waals surface area contributed by atoms with Gasteiger partial charge in [0.05, 0.1) is 6.54 Å². The van der Waals surface area contributed by atoms with E-state index >= 15 is 0 Å². The zero-order valence-electron chi connectivity index (χ0n) is 16.0.